The van der Waals surface area contributed by atoms with E-state index in [0.29, 0.717) is 12.4 Å². The molecule has 0 unspecified atom stereocenters. The number of rotatable bonds is 3. The number of ether oxygens (including phenoxy) is 1. The van der Waals surface area contributed by atoms with Crippen LogP contribution in [0, 0.1) is 0 Å². The molecule has 0 spiro atoms. The number of aromatic nitrogens is 2. The topological polar surface area (TPSA) is 63.9 Å². The van der Waals surface area contributed by atoms with Gasteiger partial charge in [-0.2, -0.15) is 5.10 Å². The first-order chi connectivity index (χ1) is 7.70. The molecule has 84 valence electrons. The van der Waals surface area contributed by atoms with E-state index >= 15 is 0 Å². The van der Waals surface area contributed by atoms with Crippen LogP contribution in [-0.4, -0.2) is 16.8 Å². The fraction of sp³-hybridized carbons (Fsp3) is 0.182. The molecule has 0 amide bonds. The Morgan fingerprint density at radius 1 is 1.44 bits per heavy atom. The van der Waals surface area contributed by atoms with Crippen LogP contribution in [0.1, 0.15) is 6.92 Å². The van der Waals surface area contributed by atoms with Crippen molar-refractivity contribution in [1.82, 2.24) is 10.2 Å². The van der Waals surface area contributed by atoms with Gasteiger partial charge < -0.3 is 10.5 Å². The second kappa shape index (κ2) is 4.57. The van der Waals surface area contributed by atoms with Gasteiger partial charge in [-0.3, -0.25) is 5.10 Å². The van der Waals surface area contributed by atoms with Crippen molar-refractivity contribution in [3.05, 3.63) is 28.7 Å². The van der Waals surface area contributed by atoms with Crippen molar-refractivity contribution in [2.75, 3.05) is 12.3 Å². The normalized spacial score (nSPS) is 10.4. The van der Waals surface area contributed by atoms with Crippen LogP contribution in [0.3, 0.4) is 0 Å². The lowest BCUT2D eigenvalue weighted by Crippen LogP contribution is -1.91. The average Bonchev–Trinajstić information content (AvgIpc) is 2.65. The van der Waals surface area contributed by atoms with E-state index in [1.165, 1.54) is 0 Å². The number of aromatic amines is 1. The van der Waals surface area contributed by atoms with Gasteiger partial charge in [0.05, 0.1) is 12.3 Å². The molecule has 1 heterocycles. The number of halogens is 1. The molecule has 3 N–H and O–H groups in total. The first kappa shape index (κ1) is 11.0. The largest absolute Gasteiger partial charge is 0.494 e. The van der Waals surface area contributed by atoms with Gasteiger partial charge in [-0.25, -0.2) is 0 Å². The molecule has 0 saturated carbocycles. The molecule has 0 saturated heterocycles. The van der Waals surface area contributed by atoms with Gasteiger partial charge in [-0.1, -0.05) is 0 Å². The number of hydrogen-bond acceptors (Lipinski definition) is 3. The highest BCUT2D eigenvalue weighted by Gasteiger charge is 2.07. The summed E-state index contributed by atoms with van der Waals surface area (Å²) in [6.45, 7) is 2.61. The first-order valence-corrected chi connectivity index (χ1v) is 5.73. The summed E-state index contributed by atoms with van der Waals surface area (Å²) in [4.78, 5) is 0. The highest BCUT2D eigenvalue weighted by atomic mass is 79.9. The molecule has 1 aromatic heterocycles. The highest BCUT2D eigenvalue weighted by Crippen LogP contribution is 2.30. The number of hydrogen-bond donors (Lipinski definition) is 2. The molecule has 0 aliphatic carbocycles. The molecular formula is C11H12BrN3O. The van der Waals surface area contributed by atoms with Crippen molar-refractivity contribution in [3.8, 4) is 17.0 Å². The third kappa shape index (κ3) is 2.19. The lowest BCUT2D eigenvalue weighted by molar-refractivity contribution is 0.340. The molecular weight excluding hydrogens is 270 g/mol. The Balaban J connectivity index is 2.36. The van der Waals surface area contributed by atoms with E-state index < -0.39 is 0 Å². The minimum atomic E-state index is 0.482. The van der Waals surface area contributed by atoms with E-state index in [9.17, 15) is 0 Å². The van der Waals surface area contributed by atoms with Crippen molar-refractivity contribution in [2.45, 2.75) is 6.92 Å². The molecule has 16 heavy (non-hydrogen) atoms. The third-order valence-corrected chi connectivity index (χ3v) is 2.80. The number of anilines is 1. The summed E-state index contributed by atoms with van der Waals surface area (Å²) in [7, 11) is 0. The summed E-state index contributed by atoms with van der Waals surface area (Å²) in [5.41, 5.74) is 7.45. The summed E-state index contributed by atoms with van der Waals surface area (Å²) in [6.07, 6.45) is 0. The molecule has 5 heteroatoms. The first-order valence-electron chi connectivity index (χ1n) is 4.94. The maximum Gasteiger partial charge on any atom is 0.145 e. The van der Waals surface area contributed by atoms with E-state index in [1.807, 2.05) is 25.1 Å². The molecule has 0 bridgehead atoms. The summed E-state index contributed by atoms with van der Waals surface area (Å²) in [5.74, 6) is 1.32. The Morgan fingerprint density at radius 2 is 2.25 bits per heavy atom. The number of nitrogens with zero attached hydrogens (tertiary/aromatic N) is 1. The minimum absolute atomic E-state index is 0.482. The molecule has 4 nitrogen and oxygen atoms in total. The zero-order chi connectivity index (χ0) is 11.5. The van der Waals surface area contributed by atoms with E-state index in [2.05, 4.69) is 26.1 Å². The van der Waals surface area contributed by atoms with Gasteiger partial charge in [-0.05, 0) is 41.1 Å². The van der Waals surface area contributed by atoms with Crippen LogP contribution < -0.4 is 10.5 Å². The molecule has 0 radical (unpaired) electrons. The number of benzene rings is 1. The smallest absolute Gasteiger partial charge is 0.145 e. The SMILES string of the molecule is CCOc1ccc(-c2cc(N)n[nH]2)c(Br)c1. The van der Waals surface area contributed by atoms with Gasteiger partial charge in [0.2, 0.25) is 0 Å². The number of nitrogens with one attached hydrogen (secondary N) is 1. The molecule has 0 fully saturated rings. The zero-order valence-corrected chi connectivity index (χ0v) is 10.4. The third-order valence-electron chi connectivity index (χ3n) is 2.14. The van der Waals surface area contributed by atoms with Gasteiger partial charge in [0.25, 0.3) is 0 Å². The van der Waals surface area contributed by atoms with Crippen LogP contribution >= 0.6 is 15.9 Å². The second-order valence-electron chi connectivity index (χ2n) is 3.28. The number of nitrogens with two attached hydrogens (primary N) is 1. The fourth-order valence-electron chi connectivity index (χ4n) is 1.45. The molecule has 2 rings (SSSR count). The van der Waals surface area contributed by atoms with Gasteiger partial charge >= 0.3 is 0 Å². The fourth-order valence-corrected chi connectivity index (χ4v) is 2.02. The van der Waals surface area contributed by atoms with Crippen LogP contribution in [0.4, 0.5) is 5.82 Å². The van der Waals surface area contributed by atoms with Gasteiger partial charge in [0.1, 0.15) is 11.6 Å². The Bertz CT molecular complexity index is 496. The Morgan fingerprint density at radius 3 is 2.81 bits per heavy atom. The van der Waals surface area contributed by atoms with E-state index in [4.69, 9.17) is 10.5 Å². The number of H-pyrrole nitrogens is 1. The number of nitrogen functional groups attached to an aromatic ring is 1. The van der Waals surface area contributed by atoms with E-state index in [0.717, 1.165) is 21.5 Å². The maximum atomic E-state index is 5.56. The molecule has 0 aliphatic rings. The summed E-state index contributed by atoms with van der Waals surface area (Å²) >= 11 is 3.49. The quantitative estimate of drug-likeness (QED) is 0.909. The Hall–Kier alpha value is -1.49. The lowest BCUT2D eigenvalue weighted by Gasteiger charge is -2.06. The zero-order valence-electron chi connectivity index (χ0n) is 8.83. The van der Waals surface area contributed by atoms with E-state index in [-0.39, 0.29) is 0 Å². The van der Waals surface area contributed by atoms with Crippen LogP contribution in [-0.2, 0) is 0 Å². The Kier molecular flexibility index (Phi) is 3.14. The predicted molar refractivity (Wildman–Crippen MR) is 67.3 cm³/mol. The van der Waals surface area contributed by atoms with Crippen molar-refractivity contribution in [2.24, 2.45) is 0 Å². The Labute approximate surface area is 102 Å². The van der Waals surface area contributed by atoms with Crippen LogP contribution in [0.25, 0.3) is 11.3 Å². The van der Waals surface area contributed by atoms with Crippen molar-refractivity contribution < 1.29 is 4.74 Å². The van der Waals surface area contributed by atoms with Crippen LogP contribution in [0.2, 0.25) is 0 Å². The molecule has 0 aliphatic heterocycles. The van der Waals surface area contributed by atoms with Gasteiger partial charge in [-0.15, -0.1) is 0 Å². The molecule has 2 aromatic rings. The van der Waals surface area contributed by atoms with Crippen LogP contribution in [0.15, 0.2) is 28.7 Å². The summed E-state index contributed by atoms with van der Waals surface area (Å²) in [6, 6.07) is 7.60. The standard InChI is InChI=1S/C11H12BrN3O/c1-2-16-7-3-4-8(9(12)5-7)10-6-11(13)15-14-10/h3-6H,2H2,1H3,(H3,13,14,15). The lowest BCUT2D eigenvalue weighted by atomic mass is 10.1. The summed E-state index contributed by atoms with van der Waals surface area (Å²) < 4.78 is 6.35. The van der Waals surface area contributed by atoms with Crippen molar-refractivity contribution in [1.29, 1.82) is 0 Å². The maximum absolute atomic E-state index is 5.56. The van der Waals surface area contributed by atoms with Gasteiger partial charge in [0.15, 0.2) is 0 Å². The van der Waals surface area contributed by atoms with E-state index in [1.54, 1.807) is 6.07 Å². The van der Waals surface area contributed by atoms with Crippen molar-refractivity contribution >= 4 is 21.7 Å². The van der Waals surface area contributed by atoms with Crippen LogP contribution in [0.5, 0.6) is 5.75 Å². The average molecular weight is 282 g/mol. The monoisotopic (exact) mass is 281 g/mol. The van der Waals surface area contributed by atoms with Gasteiger partial charge in [0, 0.05) is 16.1 Å². The second-order valence-corrected chi connectivity index (χ2v) is 4.14. The highest BCUT2D eigenvalue weighted by molar-refractivity contribution is 9.10. The summed E-state index contributed by atoms with van der Waals surface area (Å²) in [5, 5.41) is 6.76. The molecule has 0 atom stereocenters. The minimum Gasteiger partial charge on any atom is -0.494 e. The van der Waals surface area contributed by atoms with Crippen molar-refractivity contribution in [3.63, 3.8) is 0 Å². The molecule has 1 aromatic carbocycles. The predicted octanol–water partition coefficient (Wildman–Crippen LogP) is 2.82.